The molecule has 0 saturated carbocycles. The quantitative estimate of drug-likeness (QED) is 0.652. The van der Waals surface area contributed by atoms with Gasteiger partial charge in [0.15, 0.2) is 0 Å². The zero-order chi connectivity index (χ0) is 14.6. The van der Waals surface area contributed by atoms with Crippen molar-refractivity contribution in [1.29, 1.82) is 0 Å². The van der Waals surface area contributed by atoms with E-state index < -0.39 is 8.07 Å². The fourth-order valence-electron chi connectivity index (χ4n) is 1.65. The van der Waals surface area contributed by atoms with Gasteiger partial charge in [0, 0.05) is 26.3 Å². The van der Waals surface area contributed by atoms with Crippen molar-refractivity contribution in [3.63, 3.8) is 0 Å². The molecule has 20 heavy (non-hydrogen) atoms. The molecule has 0 aliphatic rings. The number of anilines is 1. The van der Waals surface area contributed by atoms with Gasteiger partial charge in [-0.1, -0.05) is 19.6 Å². The molecule has 0 unspecified atom stereocenters. The lowest BCUT2D eigenvalue weighted by Gasteiger charge is -2.15. The molecule has 7 heteroatoms. The molecule has 2 N–H and O–H groups in total. The number of aromatic nitrogens is 4. The Morgan fingerprint density at radius 3 is 2.75 bits per heavy atom. The van der Waals surface area contributed by atoms with Crippen molar-refractivity contribution in [2.24, 2.45) is 0 Å². The van der Waals surface area contributed by atoms with Gasteiger partial charge in [-0.3, -0.25) is 0 Å². The van der Waals surface area contributed by atoms with Crippen LogP contribution in [0.1, 0.15) is 0 Å². The van der Waals surface area contributed by atoms with E-state index in [4.69, 9.17) is 10.5 Å². The average Bonchev–Trinajstić information content (AvgIpc) is 2.76. The standard InChI is InChI=1S/C13H21N5OSi/c1-20(2,3)7-6-19-10-18-13(14)8-12(17-18)11-4-5-15-16-9-11/h4-5,8-9H,6-7,10,14H2,1-3H3. The molecule has 0 radical (unpaired) electrons. The topological polar surface area (TPSA) is 78.8 Å². The summed E-state index contributed by atoms with van der Waals surface area (Å²) in [5, 5.41) is 12.0. The molecule has 0 saturated heterocycles. The van der Waals surface area contributed by atoms with Crippen molar-refractivity contribution in [3.8, 4) is 11.3 Å². The monoisotopic (exact) mass is 291 g/mol. The second-order valence-electron chi connectivity index (χ2n) is 5.93. The lowest BCUT2D eigenvalue weighted by molar-refractivity contribution is 0.0803. The molecular formula is C13H21N5OSi. The predicted octanol–water partition coefficient (Wildman–Crippen LogP) is 2.23. The van der Waals surface area contributed by atoms with Gasteiger partial charge in [0.05, 0.1) is 18.1 Å². The van der Waals surface area contributed by atoms with E-state index in [2.05, 4.69) is 34.9 Å². The fraction of sp³-hybridized carbons (Fsp3) is 0.462. The molecule has 108 valence electrons. The van der Waals surface area contributed by atoms with Crippen LogP contribution in [0.4, 0.5) is 5.82 Å². The minimum atomic E-state index is -1.06. The molecule has 0 aliphatic heterocycles. The van der Waals surface area contributed by atoms with Crippen LogP contribution in [0.2, 0.25) is 25.7 Å². The normalized spacial score (nSPS) is 11.8. The highest BCUT2D eigenvalue weighted by Crippen LogP contribution is 2.18. The van der Waals surface area contributed by atoms with Crippen LogP contribution in [0.5, 0.6) is 0 Å². The van der Waals surface area contributed by atoms with Gasteiger partial charge in [-0.2, -0.15) is 15.3 Å². The highest BCUT2D eigenvalue weighted by molar-refractivity contribution is 6.76. The minimum Gasteiger partial charge on any atom is -0.384 e. The van der Waals surface area contributed by atoms with Crippen LogP contribution in [0.25, 0.3) is 11.3 Å². The van der Waals surface area contributed by atoms with Gasteiger partial charge < -0.3 is 10.5 Å². The fourth-order valence-corrected chi connectivity index (χ4v) is 2.40. The Balaban J connectivity index is 1.95. The number of nitrogens with zero attached hydrogens (tertiary/aromatic N) is 4. The Hall–Kier alpha value is -1.73. The summed E-state index contributed by atoms with van der Waals surface area (Å²) in [6.07, 6.45) is 3.30. The lowest BCUT2D eigenvalue weighted by Crippen LogP contribution is -2.22. The molecule has 2 rings (SSSR count). The highest BCUT2D eigenvalue weighted by atomic mass is 28.3. The Bertz CT molecular complexity index is 550. The molecule has 0 aliphatic carbocycles. The molecule has 0 fully saturated rings. The second-order valence-corrected chi connectivity index (χ2v) is 11.6. The molecule has 0 aromatic carbocycles. The number of nitrogen functional groups attached to an aromatic ring is 1. The number of ether oxygens (including phenoxy) is 1. The SMILES string of the molecule is C[Si](C)(C)CCOCn1nc(-c2ccnnc2)cc1N. The van der Waals surface area contributed by atoms with Crippen LogP contribution in [-0.2, 0) is 11.5 Å². The van der Waals surface area contributed by atoms with Crippen LogP contribution < -0.4 is 5.73 Å². The van der Waals surface area contributed by atoms with E-state index in [0.717, 1.165) is 23.9 Å². The zero-order valence-corrected chi connectivity index (χ0v) is 13.2. The Morgan fingerprint density at radius 1 is 1.30 bits per heavy atom. The van der Waals surface area contributed by atoms with Crippen molar-refractivity contribution in [2.45, 2.75) is 32.4 Å². The summed E-state index contributed by atoms with van der Waals surface area (Å²) < 4.78 is 7.32. The number of hydrogen-bond acceptors (Lipinski definition) is 5. The maximum Gasteiger partial charge on any atom is 0.141 e. The van der Waals surface area contributed by atoms with Crippen LogP contribution in [-0.4, -0.2) is 34.7 Å². The molecule has 2 heterocycles. The van der Waals surface area contributed by atoms with E-state index in [1.165, 1.54) is 0 Å². The molecule has 6 nitrogen and oxygen atoms in total. The third kappa shape index (κ3) is 4.14. The van der Waals surface area contributed by atoms with Gasteiger partial charge in [-0.15, -0.1) is 0 Å². The van der Waals surface area contributed by atoms with Gasteiger partial charge in [0.1, 0.15) is 12.5 Å². The lowest BCUT2D eigenvalue weighted by atomic mass is 10.2. The summed E-state index contributed by atoms with van der Waals surface area (Å²) in [7, 11) is -1.06. The van der Waals surface area contributed by atoms with E-state index >= 15 is 0 Å². The van der Waals surface area contributed by atoms with Gasteiger partial charge >= 0.3 is 0 Å². The summed E-state index contributed by atoms with van der Waals surface area (Å²) in [6.45, 7) is 8.11. The van der Waals surface area contributed by atoms with E-state index in [-0.39, 0.29) is 0 Å². The molecule has 2 aromatic heterocycles. The first kappa shape index (κ1) is 14.7. The van der Waals surface area contributed by atoms with Gasteiger partial charge in [0.25, 0.3) is 0 Å². The predicted molar refractivity (Wildman–Crippen MR) is 81.8 cm³/mol. The second kappa shape index (κ2) is 6.15. The van der Waals surface area contributed by atoms with Gasteiger partial charge in [0.2, 0.25) is 0 Å². The molecule has 0 amide bonds. The first-order chi connectivity index (χ1) is 9.46. The maximum atomic E-state index is 5.94. The average molecular weight is 291 g/mol. The summed E-state index contributed by atoms with van der Waals surface area (Å²) in [6, 6.07) is 4.80. The van der Waals surface area contributed by atoms with Crippen LogP contribution in [0.15, 0.2) is 24.5 Å². The van der Waals surface area contributed by atoms with E-state index in [0.29, 0.717) is 12.5 Å². The molecule has 0 atom stereocenters. The van der Waals surface area contributed by atoms with Crippen molar-refractivity contribution in [3.05, 3.63) is 24.5 Å². The maximum absolute atomic E-state index is 5.94. The third-order valence-corrected chi connectivity index (χ3v) is 4.61. The van der Waals surface area contributed by atoms with E-state index in [1.54, 1.807) is 17.1 Å². The largest absolute Gasteiger partial charge is 0.384 e. The van der Waals surface area contributed by atoms with Crippen LogP contribution >= 0.6 is 0 Å². The van der Waals surface area contributed by atoms with Crippen molar-refractivity contribution in [2.75, 3.05) is 12.3 Å². The third-order valence-electron chi connectivity index (χ3n) is 2.90. The Morgan fingerprint density at radius 2 is 2.10 bits per heavy atom. The van der Waals surface area contributed by atoms with Crippen LogP contribution in [0.3, 0.4) is 0 Å². The summed E-state index contributed by atoms with van der Waals surface area (Å²) in [4.78, 5) is 0. The van der Waals surface area contributed by atoms with Gasteiger partial charge in [-0.05, 0) is 12.1 Å². The Kier molecular flexibility index (Phi) is 4.51. The molecule has 0 bridgehead atoms. The highest BCUT2D eigenvalue weighted by Gasteiger charge is 2.12. The Labute approximate surface area is 120 Å². The molecule has 2 aromatic rings. The summed E-state index contributed by atoms with van der Waals surface area (Å²) in [5.41, 5.74) is 7.62. The first-order valence-electron chi connectivity index (χ1n) is 6.64. The van der Waals surface area contributed by atoms with Crippen molar-refractivity contribution < 1.29 is 4.74 Å². The van der Waals surface area contributed by atoms with Crippen molar-refractivity contribution in [1.82, 2.24) is 20.0 Å². The minimum absolute atomic E-state index is 0.384. The van der Waals surface area contributed by atoms with E-state index in [9.17, 15) is 0 Å². The van der Waals surface area contributed by atoms with Gasteiger partial charge in [-0.25, -0.2) is 4.68 Å². The summed E-state index contributed by atoms with van der Waals surface area (Å²) in [5.74, 6) is 0.588. The first-order valence-corrected chi connectivity index (χ1v) is 10.3. The number of hydrogen-bond donors (Lipinski definition) is 1. The number of rotatable bonds is 6. The zero-order valence-electron chi connectivity index (χ0n) is 12.2. The van der Waals surface area contributed by atoms with Crippen molar-refractivity contribution >= 4 is 13.9 Å². The number of nitrogens with two attached hydrogens (primary N) is 1. The van der Waals surface area contributed by atoms with Crippen LogP contribution in [0, 0.1) is 0 Å². The molecular weight excluding hydrogens is 270 g/mol. The molecule has 0 spiro atoms. The summed E-state index contributed by atoms with van der Waals surface area (Å²) >= 11 is 0. The van der Waals surface area contributed by atoms with E-state index in [1.807, 2.05) is 12.1 Å². The smallest absolute Gasteiger partial charge is 0.141 e.